The average Bonchev–Trinajstić information content (AvgIpc) is 2.91. The predicted molar refractivity (Wildman–Crippen MR) is 79.4 cm³/mol. The monoisotopic (exact) mass is 314 g/mol. The minimum atomic E-state index is -1.10. The molecule has 0 bridgehead atoms. The van der Waals surface area contributed by atoms with E-state index in [4.69, 9.17) is 4.74 Å². The molecule has 21 heavy (non-hydrogen) atoms. The van der Waals surface area contributed by atoms with Gasteiger partial charge in [-0.2, -0.15) is 11.8 Å². The van der Waals surface area contributed by atoms with Crippen LogP contribution in [0.3, 0.4) is 0 Å². The van der Waals surface area contributed by atoms with Gasteiger partial charge in [-0.1, -0.05) is 6.07 Å². The number of thioether (sulfide) groups is 1. The Morgan fingerprint density at radius 2 is 2.24 bits per heavy atom. The molecule has 3 rings (SSSR count). The summed E-state index contributed by atoms with van der Waals surface area (Å²) >= 11 is 1.84. The Hall–Kier alpha value is -0.650. The Morgan fingerprint density at radius 1 is 1.43 bits per heavy atom. The molecule has 2 aliphatic rings. The van der Waals surface area contributed by atoms with E-state index in [0.717, 1.165) is 17.9 Å². The molecule has 1 aromatic rings. The van der Waals surface area contributed by atoms with Crippen LogP contribution in [0.2, 0.25) is 0 Å². The van der Waals surface area contributed by atoms with Crippen LogP contribution in [0.15, 0.2) is 12.1 Å². The molecule has 5 heteroatoms. The summed E-state index contributed by atoms with van der Waals surface area (Å²) in [6.07, 6.45) is 1.17. The van der Waals surface area contributed by atoms with E-state index in [2.05, 4.69) is 0 Å². The standard InChI is InChI=1S/C16H20F2O2S/c1-10-2-3-12(17)13(14(10)18)15(19)11-4-6-20-16(8-11)5-7-21-9-16/h2-3,11,15,19H,4-9H2,1H3. The largest absolute Gasteiger partial charge is 0.388 e. The van der Waals surface area contributed by atoms with E-state index in [1.165, 1.54) is 12.1 Å². The number of aliphatic hydroxyl groups is 1. The Morgan fingerprint density at radius 3 is 2.95 bits per heavy atom. The molecular formula is C16H20F2O2S. The number of rotatable bonds is 2. The number of halogens is 2. The van der Waals surface area contributed by atoms with Crippen LogP contribution >= 0.6 is 11.8 Å². The van der Waals surface area contributed by atoms with Gasteiger partial charge in [0.2, 0.25) is 0 Å². The number of aryl methyl sites for hydroxylation is 1. The lowest BCUT2D eigenvalue weighted by atomic mass is 9.80. The van der Waals surface area contributed by atoms with Gasteiger partial charge in [0, 0.05) is 12.4 Å². The molecule has 2 heterocycles. The quantitative estimate of drug-likeness (QED) is 0.904. The van der Waals surface area contributed by atoms with E-state index >= 15 is 0 Å². The summed E-state index contributed by atoms with van der Waals surface area (Å²) in [4.78, 5) is 0. The van der Waals surface area contributed by atoms with Crippen molar-refractivity contribution in [3.05, 3.63) is 34.9 Å². The van der Waals surface area contributed by atoms with Crippen LogP contribution in [0.25, 0.3) is 0 Å². The number of benzene rings is 1. The van der Waals surface area contributed by atoms with Crippen LogP contribution in [0.4, 0.5) is 8.78 Å². The highest BCUT2D eigenvalue weighted by Gasteiger charge is 2.43. The summed E-state index contributed by atoms with van der Waals surface area (Å²) in [5.41, 5.74) is -0.0166. The minimum Gasteiger partial charge on any atom is -0.388 e. The first-order valence-electron chi connectivity index (χ1n) is 7.37. The molecule has 0 radical (unpaired) electrons. The second-order valence-corrected chi connectivity index (χ2v) is 7.23. The van der Waals surface area contributed by atoms with Crippen molar-refractivity contribution in [2.24, 2.45) is 5.92 Å². The van der Waals surface area contributed by atoms with Gasteiger partial charge < -0.3 is 9.84 Å². The maximum atomic E-state index is 14.2. The zero-order valence-corrected chi connectivity index (χ0v) is 12.9. The van der Waals surface area contributed by atoms with Crippen LogP contribution in [-0.2, 0) is 4.74 Å². The number of ether oxygens (including phenoxy) is 1. The maximum Gasteiger partial charge on any atom is 0.134 e. The number of hydrogen-bond acceptors (Lipinski definition) is 3. The van der Waals surface area contributed by atoms with Crippen LogP contribution in [0.1, 0.15) is 36.5 Å². The molecule has 1 aromatic carbocycles. The smallest absolute Gasteiger partial charge is 0.134 e. The van der Waals surface area contributed by atoms with Crippen LogP contribution in [0.5, 0.6) is 0 Å². The molecule has 0 saturated carbocycles. The van der Waals surface area contributed by atoms with Crippen LogP contribution in [0, 0.1) is 24.5 Å². The maximum absolute atomic E-state index is 14.2. The van der Waals surface area contributed by atoms with Crippen molar-refractivity contribution in [3.8, 4) is 0 Å². The van der Waals surface area contributed by atoms with Crippen molar-refractivity contribution in [2.45, 2.75) is 37.9 Å². The summed E-state index contributed by atoms with van der Waals surface area (Å²) in [7, 11) is 0. The van der Waals surface area contributed by atoms with E-state index in [-0.39, 0.29) is 17.1 Å². The van der Waals surface area contributed by atoms with Gasteiger partial charge in [0.15, 0.2) is 0 Å². The van der Waals surface area contributed by atoms with Gasteiger partial charge in [-0.05, 0) is 49.5 Å². The molecule has 0 aliphatic carbocycles. The Bertz CT molecular complexity index is 529. The molecule has 2 saturated heterocycles. The summed E-state index contributed by atoms with van der Waals surface area (Å²) in [6, 6.07) is 2.64. The van der Waals surface area contributed by atoms with Gasteiger partial charge in [0.05, 0.1) is 17.3 Å². The third kappa shape index (κ3) is 2.83. The number of aliphatic hydroxyl groups excluding tert-OH is 1. The first-order chi connectivity index (χ1) is 10.0. The lowest BCUT2D eigenvalue weighted by molar-refractivity contribution is -0.102. The third-order valence-corrected chi connectivity index (χ3v) is 5.88. The van der Waals surface area contributed by atoms with Gasteiger partial charge in [-0.15, -0.1) is 0 Å². The van der Waals surface area contributed by atoms with E-state index in [9.17, 15) is 13.9 Å². The fourth-order valence-electron chi connectivity index (χ4n) is 3.38. The third-order valence-electron chi connectivity index (χ3n) is 4.66. The highest BCUT2D eigenvalue weighted by Crippen LogP contribution is 2.44. The summed E-state index contributed by atoms with van der Waals surface area (Å²) in [5, 5.41) is 10.5. The molecule has 1 spiro atoms. The lowest BCUT2D eigenvalue weighted by Gasteiger charge is -2.39. The highest BCUT2D eigenvalue weighted by molar-refractivity contribution is 7.99. The fourth-order valence-corrected chi connectivity index (χ4v) is 4.76. The van der Waals surface area contributed by atoms with Crippen molar-refractivity contribution in [1.29, 1.82) is 0 Å². The van der Waals surface area contributed by atoms with Gasteiger partial charge in [-0.25, -0.2) is 8.78 Å². The van der Waals surface area contributed by atoms with Gasteiger partial charge >= 0.3 is 0 Å². The van der Waals surface area contributed by atoms with Crippen molar-refractivity contribution < 1.29 is 18.6 Å². The van der Waals surface area contributed by atoms with Crippen molar-refractivity contribution >= 4 is 11.8 Å². The molecule has 3 unspecified atom stereocenters. The molecule has 2 fully saturated rings. The average molecular weight is 314 g/mol. The Kier molecular flexibility index (Phi) is 4.26. The second kappa shape index (κ2) is 5.86. The molecule has 1 N–H and O–H groups in total. The molecular weight excluding hydrogens is 294 g/mol. The van der Waals surface area contributed by atoms with Crippen molar-refractivity contribution in [2.75, 3.05) is 18.1 Å². The van der Waals surface area contributed by atoms with Crippen molar-refractivity contribution in [3.63, 3.8) is 0 Å². The first kappa shape index (κ1) is 15.3. The molecule has 2 aliphatic heterocycles. The fraction of sp³-hybridized carbons (Fsp3) is 0.625. The number of hydrogen-bond donors (Lipinski definition) is 1. The minimum absolute atomic E-state index is 0.150. The Labute approximate surface area is 127 Å². The zero-order chi connectivity index (χ0) is 15.0. The van der Waals surface area contributed by atoms with Gasteiger partial charge in [0.25, 0.3) is 0 Å². The topological polar surface area (TPSA) is 29.5 Å². The van der Waals surface area contributed by atoms with Crippen LogP contribution in [-0.4, -0.2) is 28.8 Å². The summed E-state index contributed by atoms with van der Waals surface area (Å²) in [5.74, 6) is 0.532. The second-order valence-electron chi connectivity index (χ2n) is 6.12. The summed E-state index contributed by atoms with van der Waals surface area (Å²) in [6.45, 7) is 2.14. The van der Waals surface area contributed by atoms with Crippen LogP contribution < -0.4 is 0 Å². The predicted octanol–water partition coefficient (Wildman–Crippen LogP) is 3.61. The molecule has 0 aromatic heterocycles. The van der Waals surface area contributed by atoms with E-state index in [1.54, 1.807) is 6.92 Å². The molecule has 116 valence electrons. The van der Waals surface area contributed by atoms with Gasteiger partial charge in [-0.3, -0.25) is 0 Å². The zero-order valence-electron chi connectivity index (χ0n) is 12.1. The first-order valence-corrected chi connectivity index (χ1v) is 8.52. The normalized spacial score (nSPS) is 30.8. The van der Waals surface area contributed by atoms with E-state index in [0.29, 0.717) is 25.0 Å². The highest BCUT2D eigenvalue weighted by atomic mass is 32.2. The Balaban J connectivity index is 1.85. The van der Waals surface area contributed by atoms with Crippen molar-refractivity contribution in [1.82, 2.24) is 0 Å². The molecule has 0 amide bonds. The SMILES string of the molecule is Cc1ccc(F)c(C(O)C2CCOC3(CCSC3)C2)c1F. The molecule has 2 nitrogen and oxygen atoms in total. The van der Waals surface area contributed by atoms with Gasteiger partial charge in [0.1, 0.15) is 11.6 Å². The lowest BCUT2D eigenvalue weighted by Crippen LogP contribution is -2.41. The van der Waals surface area contributed by atoms with E-state index in [1.807, 2.05) is 11.8 Å². The van der Waals surface area contributed by atoms with E-state index < -0.39 is 17.7 Å². The summed E-state index contributed by atoms with van der Waals surface area (Å²) < 4.78 is 34.1. The molecule has 3 atom stereocenters.